The van der Waals surface area contributed by atoms with Gasteiger partial charge >= 0.3 is 0 Å². The molecule has 0 saturated carbocycles. The number of benzene rings is 1. The zero-order chi connectivity index (χ0) is 15.5. The van der Waals surface area contributed by atoms with Crippen LogP contribution < -0.4 is 4.72 Å². The molecule has 1 aromatic carbocycles. The molecule has 0 amide bonds. The van der Waals surface area contributed by atoms with Crippen molar-refractivity contribution in [1.82, 2.24) is 4.72 Å². The fourth-order valence-electron chi connectivity index (χ4n) is 1.54. The second kappa shape index (κ2) is 6.80. The van der Waals surface area contributed by atoms with Crippen LogP contribution in [0.15, 0.2) is 18.2 Å². The maximum Gasteiger partial charge on any atom is 0.263 e. The minimum atomic E-state index is -2.75. The molecule has 1 unspecified atom stereocenters. The lowest BCUT2D eigenvalue weighted by Gasteiger charge is -2.22. The molecular weight excluding hydrogens is 290 g/mol. The van der Waals surface area contributed by atoms with Crippen molar-refractivity contribution in [1.29, 1.82) is 0 Å². The van der Waals surface area contributed by atoms with Gasteiger partial charge < -0.3 is 0 Å². The van der Waals surface area contributed by atoms with Crippen molar-refractivity contribution in [3.05, 3.63) is 34.9 Å². The largest absolute Gasteiger partial charge is 0.263 e. The van der Waals surface area contributed by atoms with E-state index in [1.54, 1.807) is 6.92 Å². The van der Waals surface area contributed by atoms with Crippen molar-refractivity contribution in [3.8, 4) is 0 Å². The molecule has 0 heterocycles. The van der Waals surface area contributed by atoms with E-state index in [9.17, 15) is 17.6 Å². The van der Waals surface area contributed by atoms with Gasteiger partial charge in [-0.15, -0.1) is 0 Å². The highest BCUT2D eigenvalue weighted by Gasteiger charge is 2.19. The lowest BCUT2D eigenvalue weighted by molar-refractivity contribution is 0.144. The molecular formula is C14H19F4NS. The first kappa shape index (κ1) is 17.3. The van der Waals surface area contributed by atoms with Gasteiger partial charge in [0, 0.05) is 21.9 Å². The molecule has 0 radical (unpaired) electrons. The van der Waals surface area contributed by atoms with Crippen molar-refractivity contribution in [2.24, 2.45) is 0 Å². The maximum atomic E-state index is 12.8. The number of hydrogen-bond donors (Lipinski definition) is 1. The van der Waals surface area contributed by atoms with Gasteiger partial charge in [-0.2, -0.15) is 0 Å². The van der Waals surface area contributed by atoms with Crippen LogP contribution in [0.5, 0.6) is 0 Å². The third kappa shape index (κ3) is 5.32. The van der Waals surface area contributed by atoms with Crippen molar-refractivity contribution >= 4 is 11.9 Å². The highest BCUT2D eigenvalue weighted by Crippen LogP contribution is 2.31. The molecule has 0 aromatic heterocycles. The van der Waals surface area contributed by atoms with E-state index in [1.807, 2.05) is 20.8 Å². The lowest BCUT2D eigenvalue weighted by atomic mass is 10.0. The summed E-state index contributed by atoms with van der Waals surface area (Å²) in [6.45, 7) is 7.76. The molecule has 0 aliphatic rings. The maximum absolute atomic E-state index is 12.8. The summed E-state index contributed by atoms with van der Waals surface area (Å²) in [5.74, 6) is 0. The Kier molecular flexibility index (Phi) is 5.89. The molecule has 20 heavy (non-hydrogen) atoms. The Labute approximate surface area is 121 Å². The van der Waals surface area contributed by atoms with Crippen LogP contribution in [0.2, 0.25) is 0 Å². The predicted octanol–water partition coefficient (Wildman–Crippen LogP) is 5.66. The molecule has 1 aromatic rings. The first-order valence-electron chi connectivity index (χ1n) is 6.25. The summed E-state index contributed by atoms with van der Waals surface area (Å²) in [7, 11) is 0. The highest BCUT2D eigenvalue weighted by atomic mass is 32.2. The van der Waals surface area contributed by atoms with Crippen LogP contribution >= 0.6 is 11.9 Å². The van der Waals surface area contributed by atoms with Crippen LogP contribution in [0, 0.1) is 0 Å². The van der Waals surface area contributed by atoms with Gasteiger partial charge in [0.1, 0.15) is 0 Å². The van der Waals surface area contributed by atoms with E-state index in [0.29, 0.717) is 5.56 Å². The molecule has 6 heteroatoms. The molecule has 1 nitrogen and oxygen atoms in total. The Balaban J connectivity index is 2.98. The molecule has 0 bridgehead atoms. The van der Waals surface area contributed by atoms with Gasteiger partial charge in [0.25, 0.3) is 12.9 Å². The number of rotatable bonds is 5. The Morgan fingerprint density at radius 3 is 1.65 bits per heavy atom. The Hall–Kier alpha value is -0.750. The van der Waals surface area contributed by atoms with Gasteiger partial charge in [0.05, 0.1) is 0 Å². The fourth-order valence-corrected chi connectivity index (χ4v) is 2.20. The molecule has 1 atom stereocenters. The quantitative estimate of drug-likeness (QED) is 0.556. The summed E-state index contributed by atoms with van der Waals surface area (Å²) in [5.41, 5.74) is -0.297. The topological polar surface area (TPSA) is 12.0 Å². The van der Waals surface area contributed by atoms with E-state index in [1.165, 1.54) is 24.1 Å². The zero-order valence-electron chi connectivity index (χ0n) is 11.9. The highest BCUT2D eigenvalue weighted by molar-refractivity contribution is 7.98. The summed E-state index contributed by atoms with van der Waals surface area (Å²) in [6.07, 6.45) is -5.51. The van der Waals surface area contributed by atoms with Gasteiger partial charge in [0.15, 0.2) is 0 Å². The van der Waals surface area contributed by atoms with Crippen LogP contribution in [-0.2, 0) is 0 Å². The first-order valence-corrected chi connectivity index (χ1v) is 7.06. The van der Waals surface area contributed by atoms with Crippen LogP contribution in [0.25, 0.3) is 0 Å². The van der Waals surface area contributed by atoms with Crippen molar-refractivity contribution in [2.75, 3.05) is 0 Å². The van der Waals surface area contributed by atoms with E-state index >= 15 is 0 Å². The Morgan fingerprint density at radius 1 is 0.900 bits per heavy atom. The van der Waals surface area contributed by atoms with E-state index in [0.717, 1.165) is 6.07 Å². The molecule has 1 N–H and O–H groups in total. The SMILES string of the molecule is CC(NSC(C)(C)C)c1cc(C(F)F)cc(C(F)F)c1. The Bertz CT molecular complexity index is 417. The van der Waals surface area contributed by atoms with E-state index in [2.05, 4.69) is 4.72 Å². The zero-order valence-corrected chi connectivity index (χ0v) is 12.7. The van der Waals surface area contributed by atoms with Crippen LogP contribution in [0.3, 0.4) is 0 Å². The van der Waals surface area contributed by atoms with Crippen LogP contribution in [0.1, 0.15) is 63.3 Å². The van der Waals surface area contributed by atoms with Gasteiger partial charge in [0.2, 0.25) is 0 Å². The van der Waals surface area contributed by atoms with Crippen LogP contribution in [0.4, 0.5) is 17.6 Å². The van der Waals surface area contributed by atoms with Gasteiger partial charge in [-0.05, 0) is 51.5 Å². The number of hydrogen-bond acceptors (Lipinski definition) is 2. The van der Waals surface area contributed by atoms with E-state index < -0.39 is 12.9 Å². The average molecular weight is 309 g/mol. The summed E-state index contributed by atoms with van der Waals surface area (Å²) in [6, 6.07) is 3.12. The summed E-state index contributed by atoms with van der Waals surface area (Å²) < 4.78 is 54.1. The molecule has 114 valence electrons. The molecule has 0 saturated heterocycles. The average Bonchev–Trinajstić information content (AvgIpc) is 2.34. The lowest BCUT2D eigenvalue weighted by Crippen LogP contribution is -2.20. The van der Waals surface area contributed by atoms with Gasteiger partial charge in [-0.3, -0.25) is 4.72 Å². The molecule has 0 aliphatic heterocycles. The number of alkyl halides is 4. The standard InChI is InChI=1S/C14H19F4NS/c1-8(19-20-14(2,3)4)9-5-10(12(15)16)7-11(6-9)13(17)18/h5-8,12-13,19H,1-4H3. The molecule has 0 aliphatic carbocycles. The van der Waals surface area contributed by atoms with Crippen LogP contribution in [-0.4, -0.2) is 4.75 Å². The predicted molar refractivity (Wildman–Crippen MR) is 75.3 cm³/mol. The van der Waals surface area contributed by atoms with E-state index in [4.69, 9.17) is 0 Å². The van der Waals surface area contributed by atoms with E-state index in [-0.39, 0.29) is 21.9 Å². The smallest absolute Gasteiger partial charge is 0.256 e. The third-order valence-corrected chi connectivity index (χ3v) is 3.63. The normalized spacial score (nSPS) is 14.1. The third-order valence-electron chi connectivity index (χ3n) is 2.55. The fraction of sp³-hybridized carbons (Fsp3) is 0.571. The second-order valence-corrected chi connectivity index (χ2v) is 7.25. The molecule has 0 spiro atoms. The Morgan fingerprint density at radius 2 is 1.30 bits per heavy atom. The monoisotopic (exact) mass is 309 g/mol. The van der Waals surface area contributed by atoms with Crippen molar-refractivity contribution in [2.45, 2.75) is 51.3 Å². The minimum absolute atomic E-state index is 0.0554. The summed E-state index contributed by atoms with van der Waals surface area (Å²) >= 11 is 1.44. The first-order chi connectivity index (χ1) is 9.10. The molecule has 0 fully saturated rings. The van der Waals surface area contributed by atoms with Crippen molar-refractivity contribution in [3.63, 3.8) is 0 Å². The van der Waals surface area contributed by atoms with Crippen molar-refractivity contribution < 1.29 is 17.6 Å². The molecule has 1 rings (SSSR count). The number of halogens is 4. The van der Waals surface area contributed by atoms with Gasteiger partial charge in [-0.25, -0.2) is 17.6 Å². The minimum Gasteiger partial charge on any atom is -0.256 e. The second-order valence-electron chi connectivity index (χ2n) is 5.59. The van der Waals surface area contributed by atoms with Gasteiger partial charge in [-0.1, -0.05) is 11.9 Å². The summed E-state index contributed by atoms with van der Waals surface area (Å²) in [4.78, 5) is 0. The number of nitrogens with one attached hydrogen (secondary N) is 1. The summed E-state index contributed by atoms with van der Waals surface area (Å²) in [5, 5.41) is 0.